The molecule has 2 rings (SSSR count). The number of carbonyl (C=O) groups excluding carboxylic acids is 1. The lowest BCUT2D eigenvalue weighted by atomic mass is 10.2. The zero-order valence-corrected chi connectivity index (χ0v) is 9.99. The van der Waals surface area contributed by atoms with Gasteiger partial charge in [-0.2, -0.15) is 18.3 Å². The van der Waals surface area contributed by atoms with E-state index in [0.717, 1.165) is 24.5 Å². The molecule has 0 spiro atoms. The zero-order valence-electron chi connectivity index (χ0n) is 9.99. The highest BCUT2D eigenvalue weighted by atomic mass is 19.4. The van der Waals surface area contributed by atoms with Crippen molar-refractivity contribution in [2.45, 2.75) is 12.7 Å². The minimum Gasteiger partial charge on any atom is -0.319 e. The van der Waals surface area contributed by atoms with E-state index in [9.17, 15) is 22.4 Å². The van der Waals surface area contributed by atoms with Crippen LogP contribution >= 0.6 is 0 Å². The second-order valence-corrected chi connectivity index (χ2v) is 4.00. The summed E-state index contributed by atoms with van der Waals surface area (Å²) in [5.41, 5.74) is 0.318. The molecule has 0 atom stereocenters. The van der Waals surface area contributed by atoms with Gasteiger partial charge in [-0.3, -0.25) is 9.48 Å². The van der Waals surface area contributed by atoms with Crippen LogP contribution in [0.1, 0.15) is 10.4 Å². The summed E-state index contributed by atoms with van der Waals surface area (Å²) in [6.45, 7) is -1.24. The molecule has 1 N–H and O–H groups in total. The van der Waals surface area contributed by atoms with Gasteiger partial charge in [-0.05, 0) is 24.3 Å². The van der Waals surface area contributed by atoms with Crippen LogP contribution < -0.4 is 5.32 Å². The van der Waals surface area contributed by atoms with E-state index in [1.165, 1.54) is 12.1 Å². The van der Waals surface area contributed by atoms with Gasteiger partial charge in [0.05, 0.1) is 11.9 Å². The number of aromatic nitrogens is 2. The van der Waals surface area contributed by atoms with E-state index in [2.05, 4.69) is 10.4 Å². The summed E-state index contributed by atoms with van der Waals surface area (Å²) in [5, 5.41) is 5.86. The van der Waals surface area contributed by atoms with Crippen molar-refractivity contribution in [1.29, 1.82) is 0 Å². The van der Waals surface area contributed by atoms with Gasteiger partial charge in [-0.15, -0.1) is 0 Å². The number of halogens is 4. The Morgan fingerprint density at radius 2 is 1.90 bits per heavy atom. The summed E-state index contributed by atoms with van der Waals surface area (Å²) in [7, 11) is 0. The van der Waals surface area contributed by atoms with E-state index in [4.69, 9.17) is 0 Å². The second kappa shape index (κ2) is 5.32. The molecule has 0 aliphatic carbocycles. The Bertz CT molecular complexity index is 604. The summed E-state index contributed by atoms with van der Waals surface area (Å²) in [5.74, 6) is -1.05. The van der Waals surface area contributed by atoms with Crippen LogP contribution in [-0.4, -0.2) is 21.9 Å². The first-order chi connectivity index (χ1) is 9.33. The fraction of sp³-hybridized carbons (Fsp3) is 0.167. The van der Waals surface area contributed by atoms with Gasteiger partial charge < -0.3 is 5.32 Å². The number of anilines is 1. The van der Waals surface area contributed by atoms with Gasteiger partial charge in [0.25, 0.3) is 5.91 Å². The number of alkyl halides is 3. The topological polar surface area (TPSA) is 46.9 Å². The van der Waals surface area contributed by atoms with Crippen molar-refractivity contribution in [1.82, 2.24) is 9.78 Å². The molecule has 0 unspecified atom stereocenters. The molecule has 1 heterocycles. The van der Waals surface area contributed by atoms with Crippen LogP contribution in [0.25, 0.3) is 0 Å². The summed E-state index contributed by atoms with van der Waals surface area (Å²) < 4.78 is 49.7. The maximum absolute atomic E-state index is 12.7. The summed E-state index contributed by atoms with van der Waals surface area (Å²) >= 11 is 0. The first kappa shape index (κ1) is 14.0. The number of carbonyl (C=O) groups is 1. The van der Waals surface area contributed by atoms with E-state index in [1.807, 2.05) is 0 Å². The van der Waals surface area contributed by atoms with Gasteiger partial charge in [-0.1, -0.05) is 0 Å². The molecule has 0 aliphatic heterocycles. The summed E-state index contributed by atoms with van der Waals surface area (Å²) in [6.07, 6.45) is -2.22. The predicted octanol–water partition coefficient (Wildman–Crippen LogP) is 2.84. The highest BCUT2D eigenvalue weighted by Gasteiger charge is 2.28. The molecule has 8 heteroatoms. The van der Waals surface area contributed by atoms with Crippen molar-refractivity contribution < 1.29 is 22.4 Å². The molecule has 1 aromatic heterocycles. The lowest BCUT2D eigenvalue weighted by Gasteiger charge is -2.05. The number of amides is 1. The van der Waals surface area contributed by atoms with Crippen LogP contribution in [0.15, 0.2) is 36.7 Å². The first-order valence-corrected chi connectivity index (χ1v) is 5.49. The smallest absolute Gasteiger partial charge is 0.319 e. The molecule has 0 saturated heterocycles. The van der Waals surface area contributed by atoms with E-state index in [1.54, 1.807) is 0 Å². The van der Waals surface area contributed by atoms with E-state index in [0.29, 0.717) is 4.68 Å². The predicted molar refractivity (Wildman–Crippen MR) is 62.6 cm³/mol. The van der Waals surface area contributed by atoms with Gasteiger partial charge in [0.2, 0.25) is 0 Å². The molecule has 0 radical (unpaired) electrons. The fourth-order valence-corrected chi connectivity index (χ4v) is 1.50. The van der Waals surface area contributed by atoms with Crippen molar-refractivity contribution >= 4 is 11.6 Å². The lowest BCUT2D eigenvalue weighted by Crippen LogP contribution is -2.18. The standard InChI is InChI=1S/C12H9F4N3O/c13-9-3-1-8(2-4-9)11(20)18-10-5-17-19(6-10)7-12(14,15)16/h1-6H,7H2,(H,18,20). The molecule has 0 saturated carbocycles. The minimum absolute atomic E-state index is 0.128. The van der Waals surface area contributed by atoms with Crippen LogP contribution in [0.5, 0.6) is 0 Å². The number of nitrogens with zero attached hydrogens (tertiary/aromatic N) is 2. The average Bonchev–Trinajstić information content (AvgIpc) is 2.74. The maximum atomic E-state index is 12.7. The SMILES string of the molecule is O=C(Nc1cnn(CC(F)(F)F)c1)c1ccc(F)cc1. The Kier molecular flexibility index (Phi) is 3.73. The minimum atomic E-state index is -4.38. The fourth-order valence-electron chi connectivity index (χ4n) is 1.50. The normalized spacial score (nSPS) is 11.4. The van der Waals surface area contributed by atoms with Gasteiger partial charge in [0.1, 0.15) is 12.4 Å². The lowest BCUT2D eigenvalue weighted by molar-refractivity contribution is -0.142. The largest absolute Gasteiger partial charge is 0.408 e. The molecule has 1 aromatic carbocycles. The number of hydrogen-bond acceptors (Lipinski definition) is 2. The van der Waals surface area contributed by atoms with Crippen molar-refractivity contribution in [3.8, 4) is 0 Å². The summed E-state index contributed by atoms with van der Waals surface area (Å²) in [4.78, 5) is 11.7. The molecule has 0 bridgehead atoms. The molecule has 0 fully saturated rings. The second-order valence-electron chi connectivity index (χ2n) is 4.00. The van der Waals surface area contributed by atoms with Gasteiger partial charge in [0.15, 0.2) is 0 Å². The van der Waals surface area contributed by atoms with Crippen LogP contribution in [0.2, 0.25) is 0 Å². The quantitative estimate of drug-likeness (QED) is 0.882. The molecule has 1 amide bonds. The Morgan fingerprint density at radius 3 is 2.50 bits per heavy atom. The molecule has 106 valence electrons. The third-order valence-corrected chi connectivity index (χ3v) is 2.34. The van der Waals surface area contributed by atoms with Crippen LogP contribution in [0.4, 0.5) is 23.2 Å². The highest BCUT2D eigenvalue weighted by molar-refractivity contribution is 6.04. The molecule has 20 heavy (non-hydrogen) atoms. The third-order valence-electron chi connectivity index (χ3n) is 2.34. The monoisotopic (exact) mass is 287 g/mol. The third kappa shape index (κ3) is 3.81. The molecule has 2 aromatic rings. The number of rotatable bonds is 3. The Morgan fingerprint density at radius 1 is 1.25 bits per heavy atom. The van der Waals surface area contributed by atoms with Crippen LogP contribution in [0, 0.1) is 5.82 Å². The van der Waals surface area contributed by atoms with E-state index >= 15 is 0 Å². The Hall–Kier alpha value is -2.38. The van der Waals surface area contributed by atoms with Gasteiger partial charge in [-0.25, -0.2) is 4.39 Å². The van der Waals surface area contributed by atoms with Crippen molar-refractivity contribution in [3.63, 3.8) is 0 Å². The highest BCUT2D eigenvalue weighted by Crippen LogP contribution is 2.18. The van der Waals surface area contributed by atoms with Crippen molar-refractivity contribution in [2.24, 2.45) is 0 Å². The average molecular weight is 287 g/mol. The number of benzene rings is 1. The van der Waals surface area contributed by atoms with Crippen LogP contribution in [-0.2, 0) is 6.54 Å². The Balaban J connectivity index is 2.03. The summed E-state index contributed by atoms with van der Waals surface area (Å²) in [6, 6.07) is 4.76. The van der Waals surface area contributed by atoms with Crippen LogP contribution in [0.3, 0.4) is 0 Å². The van der Waals surface area contributed by atoms with Gasteiger partial charge in [0, 0.05) is 11.8 Å². The first-order valence-electron chi connectivity index (χ1n) is 5.49. The van der Waals surface area contributed by atoms with Gasteiger partial charge >= 0.3 is 6.18 Å². The van der Waals surface area contributed by atoms with E-state index < -0.39 is 24.4 Å². The number of hydrogen-bond donors (Lipinski definition) is 1. The molecular formula is C12H9F4N3O. The van der Waals surface area contributed by atoms with E-state index in [-0.39, 0.29) is 11.3 Å². The Labute approximate surface area is 111 Å². The number of nitrogens with one attached hydrogen (secondary N) is 1. The molecule has 0 aliphatic rings. The zero-order chi connectivity index (χ0) is 14.8. The van der Waals surface area contributed by atoms with Crippen molar-refractivity contribution in [3.05, 3.63) is 48.0 Å². The molecule has 4 nitrogen and oxygen atoms in total. The maximum Gasteiger partial charge on any atom is 0.408 e. The van der Waals surface area contributed by atoms with Crippen molar-refractivity contribution in [2.75, 3.05) is 5.32 Å². The molecular weight excluding hydrogens is 278 g/mol.